The van der Waals surface area contributed by atoms with Gasteiger partial charge in [0.25, 0.3) is 0 Å². The first-order valence-corrected chi connectivity index (χ1v) is 6.81. The second-order valence-electron chi connectivity index (χ2n) is 5.15. The minimum absolute atomic E-state index is 0.224. The van der Waals surface area contributed by atoms with Gasteiger partial charge in [-0.15, -0.1) is 0 Å². The molecule has 0 fully saturated rings. The molecule has 0 heterocycles. The number of nitrogens with two attached hydrogens (primary N) is 1. The molecule has 0 amide bonds. The first-order chi connectivity index (χ1) is 9.08. The van der Waals surface area contributed by atoms with Gasteiger partial charge >= 0.3 is 0 Å². The molecule has 0 aliphatic rings. The molecule has 108 valence electrons. The van der Waals surface area contributed by atoms with Crippen LogP contribution in [0.5, 0.6) is 5.75 Å². The lowest BCUT2D eigenvalue weighted by molar-refractivity contribution is 0.371. The molecular formula is C15H25FN2O. The Bertz CT molecular complexity index is 382. The molecule has 4 heteroatoms. The van der Waals surface area contributed by atoms with E-state index in [0.717, 1.165) is 30.8 Å². The van der Waals surface area contributed by atoms with E-state index in [9.17, 15) is 4.39 Å². The first-order valence-electron chi connectivity index (χ1n) is 6.81. The summed E-state index contributed by atoms with van der Waals surface area (Å²) in [7, 11) is 1.60. The molecule has 0 radical (unpaired) electrons. The molecule has 0 aliphatic heterocycles. The molecule has 19 heavy (non-hydrogen) atoms. The number of hydrogen-bond donors (Lipinski definition) is 2. The number of methoxy groups -OCH3 is 1. The molecule has 0 saturated carbocycles. The normalized spacial score (nSPS) is 12.7. The van der Waals surface area contributed by atoms with E-state index < -0.39 is 0 Å². The SMILES string of the molecule is COc1ccc(F)cc1CCNCC(CN)C(C)C. The number of benzene rings is 1. The summed E-state index contributed by atoms with van der Waals surface area (Å²) in [6.45, 7) is 6.73. The Hall–Kier alpha value is -1.13. The van der Waals surface area contributed by atoms with Gasteiger partial charge in [0, 0.05) is 0 Å². The molecule has 1 rings (SSSR count). The third-order valence-electron chi connectivity index (χ3n) is 3.47. The van der Waals surface area contributed by atoms with Gasteiger partial charge in [0.1, 0.15) is 11.6 Å². The fourth-order valence-corrected chi connectivity index (χ4v) is 2.04. The lowest BCUT2D eigenvalue weighted by Crippen LogP contribution is -2.32. The van der Waals surface area contributed by atoms with Gasteiger partial charge in [-0.05, 0) is 61.7 Å². The fraction of sp³-hybridized carbons (Fsp3) is 0.600. The van der Waals surface area contributed by atoms with Crippen molar-refractivity contribution in [3.8, 4) is 5.75 Å². The van der Waals surface area contributed by atoms with Crippen LogP contribution in [0.25, 0.3) is 0 Å². The van der Waals surface area contributed by atoms with Crippen LogP contribution in [0, 0.1) is 17.7 Å². The highest BCUT2D eigenvalue weighted by molar-refractivity contribution is 5.34. The molecule has 0 aromatic heterocycles. The maximum atomic E-state index is 13.2. The van der Waals surface area contributed by atoms with Crippen LogP contribution >= 0.6 is 0 Å². The number of hydrogen-bond acceptors (Lipinski definition) is 3. The Kier molecular flexibility index (Phi) is 6.81. The van der Waals surface area contributed by atoms with Gasteiger partial charge in [0.2, 0.25) is 0 Å². The first kappa shape index (κ1) is 15.9. The van der Waals surface area contributed by atoms with Crippen molar-refractivity contribution in [2.75, 3.05) is 26.7 Å². The fourth-order valence-electron chi connectivity index (χ4n) is 2.04. The van der Waals surface area contributed by atoms with Gasteiger partial charge in [-0.3, -0.25) is 0 Å². The van der Waals surface area contributed by atoms with Crippen LogP contribution in [0.4, 0.5) is 4.39 Å². The Morgan fingerprint density at radius 1 is 1.37 bits per heavy atom. The average molecular weight is 268 g/mol. The van der Waals surface area contributed by atoms with Crippen molar-refractivity contribution in [3.63, 3.8) is 0 Å². The largest absolute Gasteiger partial charge is 0.496 e. The zero-order valence-corrected chi connectivity index (χ0v) is 12.1. The summed E-state index contributed by atoms with van der Waals surface area (Å²) in [5, 5.41) is 3.38. The summed E-state index contributed by atoms with van der Waals surface area (Å²) < 4.78 is 18.4. The predicted octanol–water partition coefficient (Wildman–Crippen LogP) is 2.20. The zero-order chi connectivity index (χ0) is 14.3. The molecule has 1 aromatic carbocycles. The smallest absolute Gasteiger partial charge is 0.123 e. The van der Waals surface area contributed by atoms with Crippen molar-refractivity contribution in [1.82, 2.24) is 5.32 Å². The van der Waals surface area contributed by atoms with E-state index in [2.05, 4.69) is 19.2 Å². The maximum absolute atomic E-state index is 13.2. The summed E-state index contributed by atoms with van der Waals surface area (Å²) in [6, 6.07) is 4.61. The highest BCUT2D eigenvalue weighted by Gasteiger charge is 2.10. The molecule has 0 bridgehead atoms. The van der Waals surface area contributed by atoms with Gasteiger partial charge in [0.15, 0.2) is 0 Å². The highest BCUT2D eigenvalue weighted by Crippen LogP contribution is 2.19. The van der Waals surface area contributed by atoms with Crippen LogP contribution in [-0.4, -0.2) is 26.7 Å². The number of ether oxygens (including phenoxy) is 1. The van der Waals surface area contributed by atoms with E-state index in [1.165, 1.54) is 12.1 Å². The Balaban J connectivity index is 2.42. The van der Waals surface area contributed by atoms with Crippen LogP contribution in [0.15, 0.2) is 18.2 Å². The van der Waals surface area contributed by atoms with Gasteiger partial charge in [-0.2, -0.15) is 0 Å². The topological polar surface area (TPSA) is 47.3 Å². The Morgan fingerprint density at radius 2 is 2.11 bits per heavy atom. The Labute approximate surface area is 115 Å². The average Bonchev–Trinajstić information content (AvgIpc) is 2.38. The number of nitrogens with one attached hydrogen (secondary N) is 1. The van der Waals surface area contributed by atoms with E-state index >= 15 is 0 Å². The molecule has 0 spiro atoms. The summed E-state index contributed by atoms with van der Waals surface area (Å²) >= 11 is 0. The van der Waals surface area contributed by atoms with Gasteiger partial charge in [0.05, 0.1) is 7.11 Å². The molecule has 1 atom stereocenters. The maximum Gasteiger partial charge on any atom is 0.123 e. The zero-order valence-electron chi connectivity index (χ0n) is 12.1. The minimum atomic E-state index is -0.224. The lowest BCUT2D eigenvalue weighted by atomic mass is 9.96. The van der Waals surface area contributed by atoms with Crippen molar-refractivity contribution < 1.29 is 9.13 Å². The van der Waals surface area contributed by atoms with Crippen molar-refractivity contribution >= 4 is 0 Å². The standard InChI is InChI=1S/C15H25FN2O/c1-11(2)13(9-17)10-18-7-6-12-8-14(16)4-5-15(12)19-3/h4-5,8,11,13,18H,6-7,9-10,17H2,1-3H3. The van der Waals surface area contributed by atoms with Gasteiger partial charge in [-0.1, -0.05) is 13.8 Å². The van der Waals surface area contributed by atoms with Crippen molar-refractivity contribution in [3.05, 3.63) is 29.6 Å². The molecule has 1 unspecified atom stereocenters. The van der Waals surface area contributed by atoms with E-state index in [1.807, 2.05) is 0 Å². The van der Waals surface area contributed by atoms with Crippen LogP contribution in [0.2, 0.25) is 0 Å². The van der Waals surface area contributed by atoms with Crippen molar-refractivity contribution in [2.45, 2.75) is 20.3 Å². The molecule has 3 N–H and O–H groups in total. The third-order valence-corrected chi connectivity index (χ3v) is 3.47. The van der Waals surface area contributed by atoms with Crippen molar-refractivity contribution in [2.24, 2.45) is 17.6 Å². The van der Waals surface area contributed by atoms with Crippen LogP contribution in [0.3, 0.4) is 0 Å². The number of rotatable bonds is 8. The van der Waals surface area contributed by atoms with E-state index in [4.69, 9.17) is 10.5 Å². The second kappa shape index (κ2) is 8.12. The molecule has 3 nitrogen and oxygen atoms in total. The third kappa shape index (κ3) is 5.17. The van der Waals surface area contributed by atoms with E-state index in [1.54, 1.807) is 13.2 Å². The summed E-state index contributed by atoms with van der Waals surface area (Å²) in [5.74, 6) is 1.57. The summed E-state index contributed by atoms with van der Waals surface area (Å²) in [5.41, 5.74) is 6.62. The second-order valence-corrected chi connectivity index (χ2v) is 5.15. The van der Waals surface area contributed by atoms with Gasteiger partial charge < -0.3 is 15.8 Å². The monoisotopic (exact) mass is 268 g/mol. The van der Waals surface area contributed by atoms with Crippen LogP contribution in [0.1, 0.15) is 19.4 Å². The molecule has 0 aliphatic carbocycles. The minimum Gasteiger partial charge on any atom is -0.496 e. The van der Waals surface area contributed by atoms with E-state index in [0.29, 0.717) is 18.4 Å². The molecule has 0 saturated heterocycles. The Morgan fingerprint density at radius 3 is 2.68 bits per heavy atom. The number of halogens is 1. The van der Waals surface area contributed by atoms with E-state index in [-0.39, 0.29) is 5.82 Å². The predicted molar refractivity (Wildman–Crippen MR) is 76.9 cm³/mol. The quantitative estimate of drug-likeness (QED) is 0.711. The highest BCUT2D eigenvalue weighted by atomic mass is 19.1. The molecule has 1 aromatic rings. The van der Waals surface area contributed by atoms with Crippen LogP contribution < -0.4 is 15.8 Å². The summed E-state index contributed by atoms with van der Waals surface area (Å²) in [6.07, 6.45) is 0.746. The lowest BCUT2D eigenvalue weighted by Gasteiger charge is -2.19. The van der Waals surface area contributed by atoms with Gasteiger partial charge in [-0.25, -0.2) is 4.39 Å². The van der Waals surface area contributed by atoms with Crippen molar-refractivity contribution in [1.29, 1.82) is 0 Å². The van der Waals surface area contributed by atoms with Crippen LogP contribution in [-0.2, 0) is 6.42 Å². The summed E-state index contributed by atoms with van der Waals surface area (Å²) in [4.78, 5) is 0. The molecular weight excluding hydrogens is 243 g/mol.